The number of fused-ring (bicyclic) bond motifs is 11. The second-order valence-electron chi connectivity index (χ2n) is 17.1. The van der Waals surface area contributed by atoms with Crippen molar-refractivity contribution in [2.75, 3.05) is 0 Å². The van der Waals surface area contributed by atoms with Crippen molar-refractivity contribution in [3.8, 4) is 56.4 Å². The lowest BCUT2D eigenvalue weighted by molar-refractivity contribution is 0.669. The maximum atomic E-state index is 6.61. The van der Waals surface area contributed by atoms with E-state index in [4.69, 9.17) is 19.4 Å². The van der Waals surface area contributed by atoms with Gasteiger partial charge in [-0.15, -0.1) is 0 Å². The minimum atomic E-state index is -0.432. The molecule has 0 aliphatic heterocycles. The summed E-state index contributed by atoms with van der Waals surface area (Å²) in [5.41, 5.74) is 19.6. The third-order valence-corrected chi connectivity index (χ3v) is 13.5. The minimum absolute atomic E-state index is 0.432. The number of rotatable bonds is 5. The predicted molar refractivity (Wildman–Crippen MR) is 258 cm³/mol. The van der Waals surface area contributed by atoms with Crippen LogP contribution < -0.4 is 0 Å². The lowest BCUT2D eigenvalue weighted by atomic mass is 9.55. The molecule has 2 aromatic heterocycles. The van der Waals surface area contributed by atoms with Gasteiger partial charge in [0.05, 0.1) is 5.41 Å². The summed E-state index contributed by atoms with van der Waals surface area (Å²) in [7, 11) is 0. The van der Waals surface area contributed by atoms with Gasteiger partial charge in [-0.1, -0.05) is 182 Å². The summed E-state index contributed by atoms with van der Waals surface area (Å²) < 4.78 is 6.61. The number of hydrogen-bond donors (Lipinski definition) is 0. The first-order valence-corrected chi connectivity index (χ1v) is 22.0. The fourth-order valence-corrected chi connectivity index (χ4v) is 10.7. The summed E-state index contributed by atoms with van der Waals surface area (Å²) in [5, 5.41) is 2.16. The van der Waals surface area contributed by atoms with E-state index in [9.17, 15) is 0 Å². The van der Waals surface area contributed by atoms with Crippen LogP contribution in [0.3, 0.4) is 0 Å². The summed E-state index contributed by atoms with van der Waals surface area (Å²) >= 11 is 0. The van der Waals surface area contributed by atoms with E-state index in [-0.39, 0.29) is 0 Å². The number of nitrogens with zero attached hydrogens (tertiary/aromatic N) is 3. The van der Waals surface area contributed by atoms with Crippen LogP contribution in [-0.2, 0) is 18.3 Å². The van der Waals surface area contributed by atoms with Crippen LogP contribution in [-0.4, -0.2) is 15.0 Å². The van der Waals surface area contributed by atoms with Crippen molar-refractivity contribution in [1.82, 2.24) is 15.0 Å². The number of aromatic nitrogens is 3. The highest BCUT2D eigenvalue weighted by Gasteiger charge is 2.47. The minimum Gasteiger partial charge on any atom is -0.456 e. The van der Waals surface area contributed by atoms with Gasteiger partial charge >= 0.3 is 0 Å². The van der Waals surface area contributed by atoms with E-state index in [1.54, 1.807) is 0 Å². The summed E-state index contributed by atoms with van der Waals surface area (Å²) in [6, 6.07) is 76.3. The Morgan fingerprint density at radius 1 is 0.328 bits per heavy atom. The van der Waals surface area contributed by atoms with Crippen molar-refractivity contribution < 1.29 is 4.42 Å². The van der Waals surface area contributed by atoms with Crippen molar-refractivity contribution in [3.63, 3.8) is 0 Å². The molecular formula is C60H39N3O. The van der Waals surface area contributed by atoms with E-state index in [1.807, 2.05) is 60.7 Å². The molecule has 300 valence electrons. The Bertz CT molecular complexity index is 3470. The van der Waals surface area contributed by atoms with Gasteiger partial charge in [-0.2, -0.15) is 0 Å². The second kappa shape index (κ2) is 14.4. The highest BCUT2D eigenvalue weighted by atomic mass is 16.3. The van der Waals surface area contributed by atoms with Crippen molar-refractivity contribution >= 4 is 21.9 Å². The molecule has 64 heavy (non-hydrogen) atoms. The van der Waals surface area contributed by atoms with Crippen molar-refractivity contribution in [1.29, 1.82) is 0 Å². The molecule has 9 aromatic carbocycles. The van der Waals surface area contributed by atoms with Crippen LogP contribution in [0.4, 0.5) is 0 Å². The van der Waals surface area contributed by atoms with E-state index < -0.39 is 5.41 Å². The Morgan fingerprint density at radius 3 is 1.44 bits per heavy atom. The summed E-state index contributed by atoms with van der Waals surface area (Å²) in [6.45, 7) is 0. The van der Waals surface area contributed by atoms with E-state index in [0.29, 0.717) is 17.5 Å². The van der Waals surface area contributed by atoms with Crippen LogP contribution in [0.1, 0.15) is 44.5 Å². The lowest BCUT2D eigenvalue weighted by Gasteiger charge is -2.46. The molecule has 0 radical (unpaired) electrons. The molecule has 0 atom stereocenters. The predicted octanol–water partition coefficient (Wildman–Crippen LogP) is 14.3. The zero-order valence-corrected chi connectivity index (χ0v) is 34.9. The lowest BCUT2D eigenvalue weighted by Crippen LogP contribution is -2.40. The standard InChI is InChI=1S/C60H39N3O/c1-3-15-38(16-4-1)57-61-58(39-17-5-2-6-18-39)63-59(62-57)47-23-13-22-42(33-47)48-24-14-28-55-56(48)49-36-40(31-32-54(49)64-55)41-29-30-46-35-45-21-9-12-27-52(45)60(53(46)37-41)50-25-10-7-19-43(50)34-44-20-8-11-26-51(44)60/h1-33,36-37H,34-35H2. The van der Waals surface area contributed by atoms with Gasteiger partial charge in [-0.25, -0.2) is 15.0 Å². The van der Waals surface area contributed by atoms with E-state index in [1.165, 1.54) is 50.1 Å². The van der Waals surface area contributed by atoms with Gasteiger partial charge in [0.1, 0.15) is 11.2 Å². The molecule has 4 nitrogen and oxygen atoms in total. The van der Waals surface area contributed by atoms with Crippen LogP contribution in [0.5, 0.6) is 0 Å². The van der Waals surface area contributed by atoms with Gasteiger partial charge in [0.15, 0.2) is 17.5 Å². The van der Waals surface area contributed by atoms with Crippen LogP contribution in [0.15, 0.2) is 217 Å². The molecule has 4 heteroatoms. The van der Waals surface area contributed by atoms with E-state index >= 15 is 0 Å². The highest BCUT2D eigenvalue weighted by Crippen LogP contribution is 2.55. The molecular weight excluding hydrogens is 779 g/mol. The zero-order valence-electron chi connectivity index (χ0n) is 34.9. The Hall–Kier alpha value is -8.21. The summed E-state index contributed by atoms with van der Waals surface area (Å²) in [4.78, 5) is 15.0. The largest absolute Gasteiger partial charge is 0.456 e. The molecule has 0 N–H and O–H groups in total. The number of benzene rings is 9. The molecule has 0 bridgehead atoms. The Kier molecular flexibility index (Phi) is 8.22. The fraction of sp³-hybridized carbons (Fsp3) is 0.0500. The smallest absolute Gasteiger partial charge is 0.164 e. The topological polar surface area (TPSA) is 51.8 Å². The third kappa shape index (κ3) is 5.66. The molecule has 0 amide bonds. The van der Waals surface area contributed by atoms with Crippen LogP contribution in [0.2, 0.25) is 0 Å². The molecule has 0 fully saturated rings. The molecule has 0 unspecified atom stereocenters. The molecule has 13 rings (SSSR count). The first-order chi connectivity index (χ1) is 31.7. The van der Waals surface area contributed by atoms with Gasteiger partial charge in [-0.3, -0.25) is 0 Å². The molecule has 0 saturated heterocycles. The van der Waals surface area contributed by atoms with E-state index in [0.717, 1.165) is 68.2 Å². The van der Waals surface area contributed by atoms with Gasteiger partial charge in [0, 0.05) is 27.5 Å². The van der Waals surface area contributed by atoms with Crippen molar-refractivity contribution in [2.45, 2.75) is 18.3 Å². The number of furan rings is 1. The van der Waals surface area contributed by atoms with Gasteiger partial charge in [-0.05, 0) is 110 Å². The fourth-order valence-electron chi connectivity index (χ4n) is 10.7. The third-order valence-electron chi connectivity index (χ3n) is 13.5. The first kappa shape index (κ1) is 36.4. The molecule has 0 saturated carbocycles. The van der Waals surface area contributed by atoms with Gasteiger partial charge in [0.25, 0.3) is 0 Å². The molecule has 1 spiro atoms. The normalized spacial score (nSPS) is 13.3. The van der Waals surface area contributed by atoms with Crippen LogP contribution >= 0.6 is 0 Å². The summed E-state index contributed by atoms with van der Waals surface area (Å²) in [5.74, 6) is 1.90. The molecule has 2 aliphatic rings. The van der Waals surface area contributed by atoms with Gasteiger partial charge < -0.3 is 4.42 Å². The highest BCUT2D eigenvalue weighted by molar-refractivity contribution is 6.13. The van der Waals surface area contributed by atoms with Crippen LogP contribution in [0, 0.1) is 0 Å². The monoisotopic (exact) mass is 817 g/mol. The Balaban J connectivity index is 0.961. The Morgan fingerprint density at radius 2 is 0.812 bits per heavy atom. The zero-order chi connectivity index (χ0) is 42.2. The quantitative estimate of drug-likeness (QED) is 0.174. The van der Waals surface area contributed by atoms with Crippen molar-refractivity contribution in [2.24, 2.45) is 0 Å². The average molecular weight is 818 g/mol. The van der Waals surface area contributed by atoms with E-state index in [2.05, 4.69) is 152 Å². The molecule has 2 heterocycles. The molecule has 2 aliphatic carbocycles. The van der Waals surface area contributed by atoms with Gasteiger partial charge in [0.2, 0.25) is 0 Å². The average Bonchev–Trinajstić information content (AvgIpc) is 3.75. The Labute approximate surface area is 371 Å². The van der Waals surface area contributed by atoms with Crippen molar-refractivity contribution in [3.05, 3.63) is 257 Å². The number of hydrogen-bond acceptors (Lipinski definition) is 4. The SMILES string of the molecule is c1ccc(-c2nc(-c3ccccc3)nc(-c3cccc(-c4cccc5oc6ccc(-c7ccc8c(c7)C7(c9ccccc9Cc9ccccc97)c7ccccc7C8)cc6c45)c3)n2)cc1. The maximum absolute atomic E-state index is 6.61. The molecule has 11 aromatic rings. The summed E-state index contributed by atoms with van der Waals surface area (Å²) in [6.07, 6.45) is 1.83. The van der Waals surface area contributed by atoms with Crippen LogP contribution in [0.25, 0.3) is 78.4 Å². The second-order valence-corrected chi connectivity index (χ2v) is 17.1. The maximum Gasteiger partial charge on any atom is 0.164 e. The first-order valence-electron chi connectivity index (χ1n) is 22.0.